The standard InChI is InChI=1S/C52H48Br4N4O12/c1-5-9-13-69-29-19-30(70-14-10-6-2)26-17-25(29)21-57-45(61)33-34(46(57)62)42(54)36-35(41(33)53)49(65)59(50(36)66)23-27-18-28(32(72-16-12-8-4)20-31(27)71-15-11-7-3)24-60-51(67)39-40(52(60)68)44(56)38-37(43(39)55)47(63)58(22-26)48(38)64/h17-20H,5-16,21-24H2,1-4H3. The van der Waals surface area contributed by atoms with Crippen LogP contribution in [0.4, 0.5) is 0 Å². The third-order valence-corrected chi connectivity index (χ3v) is 16.4. The number of unbranched alkanes of at least 4 members (excludes halogenated alkanes) is 4. The van der Waals surface area contributed by atoms with Gasteiger partial charge in [0, 0.05) is 52.3 Å². The van der Waals surface area contributed by atoms with E-state index < -0.39 is 44.5 Å². The maximum atomic E-state index is 14.7. The molecule has 16 bridgehead atoms. The number of hydrogen-bond donors (Lipinski definition) is 0. The van der Waals surface area contributed by atoms with Crippen LogP contribution in [0.15, 0.2) is 80.5 Å². The number of aromatic nitrogens is 4. The molecule has 0 radical (unpaired) electrons. The minimum atomic E-state index is -0.748. The first-order valence-electron chi connectivity index (χ1n) is 24.0. The molecule has 0 spiro atoms. The number of rotatable bonds is 16. The molecule has 4 aromatic heterocycles. The lowest BCUT2D eigenvalue weighted by Gasteiger charge is -2.18. The van der Waals surface area contributed by atoms with E-state index in [1.807, 2.05) is 27.7 Å². The predicted octanol–water partition coefficient (Wildman–Crippen LogP) is 8.41. The minimum Gasteiger partial charge on any atom is -0.493 e. The van der Waals surface area contributed by atoms with Crippen molar-refractivity contribution in [2.75, 3.05) is 26.4 Å². The molecule has 376 valence electrons. The molecule has 0 atom stereocenters. The maximum absolute atomic E-state index is 14.7. The highest BCUT2D eigenvalue weighted by Gasteiger charge is 2.31. The number of nitrogens with zero attached hydrogens (tertiary/aromatic N) is 4. The van der Waals surface area contributed by atoms with Gasteiger partial charge in [-0.15, -0.1) is 0 Å². The molecule has 72 heavy (non-hydrogen) atoms. The smallest absolute Gasteiger partial charge is 0.263 e. The molecule has 0 N–H and O–H groups in total. The van der Waals surface area contributed by atoms with Gasteiger partial charge in [0.05, 0.1) is 95.7 Å². The van der Waals surface area contributed by atoms with Gasteiger partial charge in [0.15, 0.2) is 0 Å². The highest BCUT2D eigenvalue weighted by atomic mass is 79.9. The second-order valence-electron chi connectivity index (χ2n) is 18.0. The summed E-state index contributed by atoms with van der Waals surface area (Å²) < 4.78 is 29.0. The van der Waals surface area contributed by atoms with Gasteiger partial charge in [0.1, 0.15) is 23.0 Å². The van der Waals surface area contributed by atoms with Gasteiger partial charge in [-0.05, 0) is 102 Å². The Hall–Kier alpha value is -5.44. The van der Waals surface area contributed by atoms with Crippen LogP contribution in [0.5, 0.6) is 23.0 Å². The number of benzene rings is 4. The van der Waals surface area contributed by atoms with Gasteiger partial charge in [-0.2, -0.15) is 0 Å². The number of halogens is 4. The van der Waals surface area contributed by atoms with Crippen molar-refractivity contribution in [1.29, 1.82) is 0 Å². The third-order valence-electron chi connectivity index (χ3n) is 13.3. The van der Waals surface area contributed by atoms with Crippen molar-refractivity contribution < 1.29 is 18.9 Å². The Balaban J connectivity index is 1.38. The fourth-order valence-electron chi connectivity index (χ4n) is 9.34. The average molecular weight is 1240 g/mol. The molecule has 0 amide bonds. The van der Waals surface area contributed by atoms with Gasteiger partial charge in [-0.3, -0.25) is 56.6 Å². The first-order valence-corrected chi connectivity index (χ1v) is 27.1. The third kappa shape index (κ3) is 8.56. The van der Waals surface area contributed by atoms with E-state index in [0.29, 0.717) is 47.9 Å². The summed E-state index contributed by atoms with van der Waals surface area (Å²) in [5.41, 5.74) is -4.65. The Kier molecular flexibility index (Phi) is 14.9. The lowest BCUT2D eigenvalue weighted by Crippen LogP contribution is -2.28. The molecule has 16 nitrogen and oxygen atoms in total. The average Bonchev–Trinajstić information content (AvgIpc) is 3.96. The second kappa shape index (κ2) is 20.8. The Bertz CT molecular complexity index is 3300. The summed E-state index contributed by atoms with van der Waals surface area (Å²) in [5.74, 6) is 1.13. The zero-order valence-electron chi connectivity index (χ0n) is 39.8. The van der Waals surface area contributed by atoms with Crippen molar-refractivity contribution in [3.63, 3.8) is 0 Å². The van der Waals surface area contributed by atoms with Gasteiger partial charge in [0.2, 0.25) is 0 Å². The van der Waals surface area contributed by atoms with E-state index in [1.54, 1.807) is 24.3 Å². The lowest BCUT2D eigenvalue weighted by molar-refractivity contribution is 0.289. The molecule has 0 fully saturated rings. The summed E-state index contributed by atoms with van der Waals surface area (Å²) in [6.45, 7) is 7.63. The van der Waals surface area contributed by atoms with Crippen LogP contribution in [0.25, 0.3) is 43.1 Å². The van der Waals surface area contributed by atoms with Crippen molar-refractivity contribution in [3.05, 3.63) is 147 Å². The van der Waals surface area contributed by atoms with E-state index in [0.717, 1.165) is 44.0 Å². The number of hydrogen-bond acceptors (Lipinski definition) is 12. The van der Waals surface area contributed by atoms with E-state index in [-0.39, 0.29) is 137 Å². The van der Waals surface area contributed by atoms with E-state index in [9.17, 15) is 38.4 Å². The maximum Gasteiger partial charge on any atom is 0.263 e. The van der Waals surface area contributed by atoms with Crippen molar-refractivity contribution in [1.82, 2.24) is 18.3 Å². The fraction of sp³-hybridized carbons (Fsp3) is 0.385. The van der Waals surface area contributed by atoms with Crippen LogP contribution in [0.2, 0.25) is 0 Å². The van der Waals surface area contributed by atoms with E-state index in [2.05, 4.69) is 63.7 Å². The highest BCUT2D eigenvalue weighted by Crippen LogP contribution is 2.38. The summed E-state index contributed by atoms with van der Waals surface area (Å²) in [5, 5.41) is -0.996. The van der Waals surface area contributed by atoms with Crippen molar-refractivity contribution in [2.24, 2.45) is 0 Å². The van der Waals surface area contributed by atoms with E-state index in [4.69, 9.17) is 18.9 Å². The monoisotopic (exact) mass is 1240 g/mol. The molecule has 0 saturated carbocycles. The fourth-order valence-corrected chi connectivity index (χ4v) is 12.3. The van der Waals surface area contributed by atoms with Crippen LogP contribution in [-0.2, 0) is 26.2 Å². The normalized spacial score (nSPS) is 12.8. The Morgan fingerprint density at radius 2 is 0.514 bits per heavy atom. The van der Waals surface area contributed by atoms with Crippen LogP contribution in [0, 0.1) is 0 Å². The molecule has 0 saturated heterocycles. The van der Waals surface area contributed by atoms with Crippen LogP contribution >= 0.6 is 63.7 Å². The quantitative estimate of drug-likeness (QED) is 0.0841. The van der Waals surface area contributed by atoms with Crippen LogP contribution < -0.4 is 63.4 Å². The molecular weight excluding hydrogens is 1190 g/mol. The first kappa shape index (κ1) is 51.5. The van der Waals surface area contributed by atoms with Crippen LogP contribution in [0.1, 0.15) is 101 Å². The van der Waals surface area contributed by atoms with Crippen molar-refractivity contribution >= 4 is 107 Å². The zero-order valence-corrected chi connectivity index (χ0v) is 46.2. The summed E-state index contributed by atoms with van der Waals surface area (Å²) in [6.07, 6.45) is 5.87. The molecule has 0 aliphatic carbocycles. The molecule has 8 heterocycles. The highest BCUT2D eigenvalue weighted by molar-refractivity contribution is 9.11. The van der Waals surface area contributed by atoms with Crippen LogP contribution in [-0.4, -0.2) is 44.7 Å². The Labute approximate surface area is 443 Å². The molecule has 4 aliphatic rings. The van der Waals surface area contributed by atoms with Gasteiger partial charge in [0.25, 0.3) is 44.5 Å². The van der Waals surface area contributed by atoms with Gasteiger partial charge in [-0.25, -0.2) is 0 Å². The number of ether oxygens (including phenoxy) is 4. The predicted molar refractivity (Wildman–Crippen MR) is 291 cm³/mol. The Morgan fingerprint density at radius 1 is 0.333 bits per heavy atom. The summed E-state index contributed by atoms with van der Waals surface area (Å²) in [7, 11) is 0. The van der Waals surface area contributed by atoms with Gasteiger partial charge < -0.3 is 18.9 Å². The molecule has 0 unspecified atom stereocenters. The van der Waals surface area contributed by atoms with E-state index in [1.165, 1.54) is 0 Å². The lowest BCUT2D eigenvalue weighted by atomic mass is 10.1. The summed E-state index contributed by atoms with van der Waals surface area (Å²) >= 11 is 13.9. The molecule has 20 heteroatoms. The topological polar surface area (TPSA) is 193 Å². The van der Waals surface area contributed by atoms with Crippen molar-refractivity contribution in [3.8, 4) is 23.0 Å². The molecule has 4 aliphatic heterocycles. The minimum absolute atomic E-state index is 0.0397. The SMILES string of the molecule is CCCCOc1cc(OCCCC)c2cc1Cn1c(=O)c3c(Br)c4c(=O)n(c(=O)c4c(Br)c3c1=O)Cc1cc(c(OCCCC)cc1OCCCC)Cn1c(=O)c3c(Br)c4c(=O)n(c(=O)c4c(Br)c3c1=O)C2. The Morgan fingerprint density at radius 3 is 0.681 bits per heavy atom. The van der Waals surface area contributed by atoms with Gasteiger partial charge >= 0.3 is 0 Å². The zero-order chi connectivity index (χ0) is 51.4. The van der Waals surface area contributed by atoms with Gasteiger partial charge in [-0.1, -0.05) is 53.4 Å². The molecular formula is C52H48Br4N4O12. The molecule has 8 aromatic rings. The summed E-state index contributed by atoms with van der Waals surface area (Å²) in [6, 6.07) is 6.47. The first-order chi connectivity index (χ1) is 34.6. The largest absolute Gasteiger partial charge is 0.493 e. The van der Waals surface area contributed by atoms with E-state index >= 15 is 0 Å². The summed E-state index contributed by atoms with van der Waals surface area (Å²) in [4.78, 5) is 117. The van der Waals surface area contributed by atoms with Crippen LogP contribution in [0.3, 0.4) is 0 Å². The molecule has 4 aromatic carbocycles. The second-order valence-corrected chi connectivity index (χ2v) is 21.2. The molecule has 12 rings (SSSR count). The van der Waals surface area contributed by atoms with Crippen molar-refractivity contribution in [2.45, 2.75) is 105 Å².